The molecule has 1 aromatic rings. The van der Waals surface area contributed by atoms with Crippen molar-refractivity contribution in [2.75, 3.05) is 23.9 Å². The number of carbonyl (C=O) groups is 2. The molecule has 0 aliphatic carbocycles. The Morgan fingerprint density at radius 3 is 2.82 bits per heavy atom. The molecule has 1 aliphatic heterocycles. The lowest BCUT2D eigenvalue weighted by molar-refractivity contribution is -0.119. The number of ether oxygens (including phenoxy) is 1. The zero-order valence-corrected chi connectivity index (χ0v) is 13.5. The van der Waals surface area contributed by atoms with E-state index in [0.717, 1.165) is 24.9 Å². The fraction of sp³-hybridized carbons (Fsp3) is 0.529. The van der Waals surface area contributed by atoms with Crippen molar-refractivity contribution in [1.29, 1.82) is 0 Å². The summed E-state index contributed by atoms with van der Waals surface area (Å²) in [6.07, 6.45) is 3.29. The van der Waals surface area contributed by atoms with Crippen LogP contribution in [0.2, 0.25) is 0 Å². The molecule has 1 aromatic carbocycles. The zero-order valence-electron chi connectivity index (χ0n) is 13.5. The first-order valence-electron chi connectivity index (χ1n) is 7.86. The topological polar surface area (TPSA) is 58.6 Å². The van der Waals surface area contributed by atoms with Crippen LogP contribution in [0.15, 0.2) is 18.2 Å². The van der Waals surface area contributed by atoms with Crippen molar-refractivity contribution in [3.05, 3.63) is 18.2 Å². The quantitative estimate of drug-likeness (QED) is 0.878. The summed E-state index contributed by atoms with van der Waals surface area (Å²) in [7, 11) is 1.57. The van der Waals surface area contributed by atoms with Crippen molar-refractivity contribution in [3.63, 3.8) is 0 Å². The summed E-state index contributed by atoms with van der Waals surface area (Å²) in [6, 6.07) is 5.43. The minimum Gasteiger partial charge on any atom is -0.494 e. The summed E-state index contributed by atoms with van der Waals surface area (Å²) >= 11 is 0. The van der Waals surface area contributed by atoms with E-state index in [1.807, 2.05) is 19.1 Å². The summed E-state index contributed by atoms with van der Waals surface area (Å²) in [5.41, 5.74) is 1.46. The van der Waals surface area contributed by atoms with Crippen LogP contribution in [0.4, 0.5) is 11.4 Å². The normalized spacial score (nSPS) is 15.8. The van der Waals surface area contributed by atoms with E-state index in [0.29, 0.717) is 24.4 Å². The number of hydrogen-bond donors (Lipinski definition) is 1. The van der Waals surface area contributed by atoms with E-state index in [1.165, 1.54) is 0 Å². The second-order valence-electron chi connectivity index (χ2n) is 5.71. The molecule has 120 valence electrons. The molecule has 1 unspecified atom stereocenters. The van der Waals surface area contributed by atoms with Crippen LogP contribution in [-0.4, -0.2) is 25.5 Å². The van der Waals surface area contributed by atoms with Crippen molar-refractivity contribution < 1.29 is 14.3 Å². The molecule has 0 bridgehead atoms. The maximum Gasteiger partial charge on any atom is 0.227 e. The third-order valence-electron chi connectivity index (χ3n) is 3.98. The molecular weight excluding hydrogens is 280 g/mol. The lowest BCUT2D eigenvalue weighted by atomic mass is 10.1. The van der Waals surface area contributed by atoms with E-state index in [1.54, 1.807) is 18.1 Å². The SMILES string of the molecule is CCCC(C)C(=O)Nc1ccc(N2CCCC2=O)c(OC)c1. The third-order valence-corrected chi connectivity index (χ3v) is 3.98. The Morgan fingerprint density at radius 1 is 1.45 bits per heavy atom. The lowest BCUT2D eigenvalue weighted by Gasteiger charge is -2.20. The monoisotopic (exact) mass is 304 g/mol. The van der Waals surface area contributed by atoms with E-state index in [2.05, 4.69) is 12.2 Å². The number of hydrogen-bond acceptors (Lipinski definition) is 3. The summed E-state index contributed by atoms with van der Waals surface area (Å²) in [4.78, 5) is 25.7. The molecule has 1 saturated heterocycles. The number of benzene rings is 1. The average molecular weight is 304 g/mol. The number of carbonyl (C=O) groups excluding carboxylic acids is 2. The van der Waals surface area contributed by atoms with Gasteiger partial charge in [-0.2, -0.15) is 0 Å². The second kappa shape index (κ2) is 7.29. The molecule has 2 amide bonds. The van der Waals surface area contributed by atoms with Crippen LogP contribution < -0.4 is 15.0 Å². The lowest BCUT2D eigenvalue weighted by Crippen LogP contribution is -2.24. The van der Waals surface area contributed by atoms with Crippen LogP contribution in [0.25, 0.3) is 0 Å². The molecule has 0 saturated carbocycles. The average Bonchev–Trinajstić information content (AvgIpc) is 2.93. The van der Waals surface area contributed by atoms with Crippen molar-refractivity contribution in [1.82, 2.24) is 0 Å². The van der Waals surface area contributed by atoms with Crippen LogP contribution in [-0.2, 0) is 9.59 Å². The maximum atomic E-state index is 12.1. The van der Waals surface area contributed by atoms with Gasteiger partial charge in [-0.1, -0.05) is 20.3 Å². The first kappa shape index (κ1) is 16.3. The van der Waals surface area contributed by atoms with Gasteiger partial charge >= 0.3 is 0 Å². The van der Waals surface area contributed by atoms with Gasteiger partial charge in [-0.25, -0.2) is 0 Å². The molecule has 1 fully saturated rings. The number of anilines is 2. The highest BCUT2D eigenvalue weighted by molar-refractivity contribution is 5.98. The first-order chi connectivity index (χ1) is 10.6. The number of nitrogens with zero attached hydrogens (tertiary/aromatic N) is 1. The van der Waals surface area contributed by atoms with Gasteiger partial charge in [-0.05, 0) is 25.0 Å². The minimum atomic E-state index is -0.0177. The van der Waals surface area contributed by atoms with Crippen molar-refractivity contribution >= 4 is 23.2 Å². The highest BCUT2D eigenvalue weighted by atomic mass is 16.5. The Balaban J connectivity index is 2.15. The van der Waals surface area contributed by atoms with Gasteiger partial charge in [0.15, 0.2) is 0 Å². The number of rotatable bonds is 6. The summed E-state index contributed by atoms with van der Waals surface area (Å²) < 4.78 is 5.39. The standard InChI is InChI=1S/C17H24N2O3/c1-4-6-12(2)17(21)18-13-8-9-14(15(11-13)22-3)19-10-5-7-16(19)20/h8-9,11-12H,4-7,10H2,1-3H3,(H,18,21). The smallest absolute Gasteiger partial charge is 0.227 e. The summed E-state index contributed by atoms with van der Waals surface area (Å²) in [5, 5.41) is 2.91. The van der Waals surface area contributed by atoms with Gasteiger partial charge in [-0.15, -0.1) is 0 Å². The molecule has 0 aromatic heterocycles. The Bertz CT molecular complexity index is 557. The van der Waals surface area contributed by atoms with Crippen molar-refractivity contribution in [3.8, 4) is 5.75 Å². The molecule has 22 heavy (non-hydrogen) atoms. The molecule has 5 nitrogen and oxygen atoms in total. The first-order valence-corrected chi connectivity index (χ1v) is 7.86. The predicted molar refractivity (Wildman–Crippen MR) is 87.3 cm³/mol. The maximum absolute atomic E-state index is 12.1. The van der Waals surface area contributed by atoms with Gasteiger partial charge in [0.2, 0.25) is 11.8 Å². The van der Waals surface area contributed by atoms with Crippen LogP contribution in [0.3, 0.4) is 0 Å². The van der Waals surface area contributed by atoms with Gasteiger partial charge < -0.3 is 15.0 Å². The van der Waals surface area contributed by atoms with E-state index < -0.39 is 0 Å². The molecule has 1 N–H and O–H groups in total. The number of amides is 2. The highest BCUT2D eigenvalue weighted by Gasteiger charge is 2.24. The molecule has 5 heteroatoms. The third kappa shape index (κ3) is 3.59. The highest BCUT2D eigenvalue weighted by Crippen LogP contribution is 2.34. The fourth-order valence-electron chi connectivity index (χ4n) is 2.71. The van der Waals surface area contributed by atoms with E-state index in [9.17, 15) is 9.59 Å². The molecule has 0 radical (unpaired) electrons. The number of methoxy groups -OCH3 is 1. The van der Waals surface area contributed by atoms with Crippen LogP contribution in [0, 0.1) is 5.92 Å². The molecule has 0 spiro atoms. The van der Waals surface area contributed by atoms with Crippen molar-refractivity contribution in [2.24, 2.45) is 5.92 Å². The molecule has 2 rings (SSSR count). The van der Waals surface area contributed by atoms with Crippen LogP contribution >= 0.6 is 0 Å². The van der Waals surface area contributed by atoms with Crippen LogP contribution in [0.1, 0.15) is 39.5 Å². The molecule has 1 aliphatic rings. The minimum absolute atomic E-state index is 0.00824. The molecule has 1 atom stereocenters. The largest absolute Gasteiger partial charge is 0.494 e. The van der Waals surface area contributed by atoms with E-state index in [-0.39, 0.29) is 17.7 Å². The predicted octanol–water partition coefficient (Wildman–Crippen LogP) is 3.20. The zero-order chi connectivity index (χ0) is 16.1. The van der Waals surface area contributed by atoms with Crippen molar-refractivity contribution in [2.45, 2.75) is 39.5 Å². The summed E-state index contributed by atoms with van der Waals surface area (Å²) in [6.45, 7) is 4.70. The van der Waals surface area contributed by atoms with Gasteiger partial charge in [-0.3, -0.25) is 9.59 Å². The van der Waals surface area contributed by atoms with E-state index in [4.69, 9.17) is 4.74 Å². The van der Waals surface area contributed by atoms with Gasteiger partial charge in [0.05, 0.1) is 12.8 Å². The summed E-state index contributed by atoms with van der Waals surface area (Å²) in [5.74, 6) is 0.715. The fourth-order valence-corrected chi connectivity index (χ4v) is 2.71. The Kier molecular flexibility index (Phi) is 5.41. The molecular formula is C17H24N2O3. The number of nitrogens with one attached hydrogen (secondary N) is 1. The molecule has 1 heterocycles. The Labute approximate surface area is 131 Å². The van der Waals surface area contributed by atoms with Gasteiger partial charge in [0, 0.05) is 30.6 Å². The van der Waals surface area contributed by atoms with E-state index >= 15 is 0 Å². The Hall–Kier alpha value is -2.04. The second-order valence-corrected chi connectivity index (χ2v) is 5.71. The Morgan fingerprint density at radius 2 is 2.23 bits per heavy atom. The van der Waals surface area contributed by atoms with Gasteiger partial charge in [0.1, 0.15) is 5.75 Å². The van der Waals surface area contributed by atoms with Gasteiger partial charge in [0.25, 0.3) is 0 Å². The van der Waals surface area contributed by atoms with Crippen LogP contribution in [0.5, 0.6) is 5.75 Å².